The second-order valence-corrected chi connectivity index (χ2v) is 14.9. The van der Waals surface area contributed by atoms with E-state index in [1.165, 1.54) is 67.8 Å². The van der Waals surface area contributed by atoms with Crippen molar-refractivity contribution in [3.8, 4) is 40.4 Å². The lowest BCUT2D eigenvalue weighted by atomic mass is 9.92. The molecule has 1 aliphatic heterocycles. The summed E-state index contributed by atoms with van der Waals surface area (Å²) < 4.78 is 27.8. The fourth-order valence-electron chi connectivity index (χ4n) is 4.77. The molecule has 0 bridgehead atoms. The number of esters is 2. The van der Waals surface area contributed by atoms with Crippen molar-refractivity contribution in [1.29, 1.82) is 0 Å². The Morgan fingerprint density at radius 1 is 0.600 bits per heavy atom. The number of ether oxygens (including phenoxy) is 2. The van der Waals surface area contributed by atoms with Crippen molar-refractivity contribution in [2.75, 3.05) is 14.2 Å². The SMILES string of the molecule is COC(=O)c1c(C(=O)OC)c(-c2cccs2)c2nsnc2c1-c1cccs1.c1csc(-c2sc(-c3cccs3)c3c2N=S=N3)c1. The molecule has 224 valence electrons. The summed E-state index contributed by atoms with van der Waals surface area (Å²) in [6.07, 6.45) is 0. The summed E-state index contributed by atoms with van der Waals surface area (Å²) in [6.45, 7) is 0. The second-order valence-electron chi connectivity index (χ2n) is 9.08. The van der Waals surface area contributed by atoms with E-state index in [4.69, 9.17) is 9.47 Å². The Kier molecular flexibility index (Phi) is 8.63. The minimum Gasteiger partial charge on any atom is -0.465 e. The second kappa shape index (κ2) is 13.0. The summed E-state index contributed by atoms with van der Waals surface area (Å²) >= 11 is 10.5. The number of carbonyl (C=O) groups is 2. The van der Waals surface area contributed by atoms with Gasteiger partial charge in [-0.05, 0) is 45.8 Å². The van der Waals surface area contributed by atoms with E-state index in [2.05, 4.69) is 52.5 Å². The number of hydrogen-bond donors (Lipinski definition) is 0. The maximum atomic E-state index is 12.8. The molecule has 0 unspecified atom stereocenters. The van der Waals surface area contributed by atoms with Crippen molar-refractivity contribution in [2.45, 2.75) is 0 Å². The number of methoxy groups -OCH3 is 2. The fraction of sp³-hybridized carbons (Fsp3) is 0.0667. The summed E-state index contributed by atoms with van der Waals surface area (Å²) in [4.78, 5) is 32.2. The fourth-order valence-corrected chi connectivity index (χ4v) is 10.4. The van der Waals surface area contributed by atoms with Crippen molar-refractivity contribution in [3.63, 3.8) is 0 Å². The van der Waals surface area contributed by atoms with Crippen LogP contribution in [0, 0.1) is 0 Å². The molecular weight excluding hydrogens is 705 g/mol. The predicted octanol–water partition coefficient (Wildman–Crippen LogP) is 10.7. The topological polar surface area (TPSA) is 103 Å². The molecule has 6 aromatic heterocycles. The zero-order valence-corrected chi connectivity index (χ0v) is 28.9. The zero-order chi connectivity index (χ0) is 30.9. The largest absolute Gasteiger partial charge is 0.465 e. The maximum absolute atomic E-state index is 12.8. The van der Waals surface area contributed by atoms with E-state index < -0.39 is 11.9 Å². The minimum atomic E-state index is -0.619. The molecule has 45 heavy (non-hydrogen) atoms. The Morgan fingerprint density at radius 3 is 1.36 bits per heavy atom. The molecule has 0 atom stereocenters. The van der Waals surface area contributed by atoms with E-state index in [9.17, 15) is 9.59 Å². The molecule has 15 heteroatoms. The molecule has 1 aromatic carbocycles. The molecule has 8 rings (SSSR count). The standard InChI is InChI=1S/C18H12N2O4S3.C12H6N2S4/c1-23-17(21)13-11(9-5-3-7-25-9)15-16(20-27-19-15)12(10-6-4-8-26-10)14(13)18(22)24-2;1-3-7(15-5-1)11-9-10(14-18-13-9)12(17-11)8-4-2-6-16-8/h3-8H,1-2H3;1-6H. The van der Waals surface area contributed by atoms with Crippen LogP contribution < -0.4 is 0 Å². The van der Waals surface area contributed by atoms with E-state index in [1.54, 1.807) is 34.0 Å². The molecule has 0 N–H and O–H groups in total. The summed E-state index contributed by atoms with van der Waals surface area (Å²) in [5, 5.41) is 8.00. The van der Waals surface area contributed by atoms with Crippen LogP contribution in [-0.2, 0) is 20.8 Å². The lowest BCUT2D eigenvalue weighted by Crippen LogP contribution is -2.15. The first-order chi connectivity index (χ1) is 22.1. The Labute approximate surface area is 284 Å². The van der Waals surface area contributed by atoms with Crippen molar-refractivity contribution in [3.05, 3.63) is 81.2 Å². The number of carbonyl (C=O) groups excluding carboxylic acids is 2. The quantitative estimate of drug-likeness (QED) is 0.158. The molecule has 0 saturated carbocycles. The van der Waals surface area contributed by atoms with Gasteiger partial charge in [-0.15, -0.1) is 56.7 Å². The Hall–Kier alpha value is -3.70. The predicted molar refractivity (Wildman–Crippen MR) is 189 cm³/mol. The van der Waals surface area contributed by atoms with E-state index in [0.717, 1.165) is 32.9 Å². The van der Waals surface area contributed by atoms with Crippen molar-refractivity contribution >= 4 is 114 Å². The highest BCUT2D eigenvalue weighted by Crippen LogP contribution is 2.55. The first-order valence-electron chi connectivity index (χ1n) is 13.0. The van der Waals surface area contributed by atoms with Gasteiger partial charge < -0.3 is 9.47 Å². The first-order valence-corrected chi connectivity index (χ1v) is 18.8. The lowest BCUT2D eigenvalue weighted by Gasteiger charge is -2.16. The molecule has 7 aromatic rings. The highest BCUT2D eigenvalue weighted by molar-refractivity contribution is 7.58. The highest BCUT2D eigenvalue weighted by Gasteiger charge is 2.33. The van der Waals surface area contributed by atoms with Crippen molar-refractivity contribution < 1.29 is 19.1 Å². The van der Waals surface area contributed by atoms with Gasteiger partial charge in [0.25, 0.3) is 0 Å². The first kappa shape index (κ1) is 30.0. The summed E-state index contributed by atoms with van der Waals surface area (Å²) in [5.41, 5.74) is 4.62. The van der Waals surface area contributed by atoms with Crippen LogP contribution in [0.2, 0.25) is 0 Å². The van der Waals surface area contributed by atoms with Crippen LogP contribution in [0.3, 0.4) is 0 Å². The average molecular weight is 723 g/mol. The monoisotopic (exact) mass is 722 g/mol. The third-order valence-electron chi connectivity index (χ3n) is 6.64. The number of aromatic nitrogens is 2. The third-order valence-corrected chi connectivity index (χ3v) is 12.7. The molecule has 0 radical (unpaired) electrons. The molecule has 0 saturated heterocycles. The number of fused-ring (bicyclic) bond motifs is 2. The van der Waals surface area contributed by atoms with Gasteiger partial charge in [-0.3, -0.25) is 0 Å². The van der Waals surface area contributed by atoms with Gasteiger partial charge in [-0.25, -0.2) is 9.59 Å². The third kappa shape index (κ3) is 5.43. The lowest BCUT2D eigenvalue weighted by molar-refractivity contribution is 0.0557. The van der Waals surface area contributed by atoms with Crippen LogP contribution in [0.5, 0.6) is 0 Å². The van der Waals surface area contributed by atoms with Gasteiger partial charge in [0, 0.05) is 30.6 Å². The molecular formula is C30H18N4O4S7. The van der Waals surface area contributed by atoms with Gasteiger partial charge in [-0.1, -0.05) is 24.3 Å². The van der Waals surface area contributed by atoms with E-state index in [1.807, 2.05) is 35.0 Å². The molecule has 7 heterocycles. The van der Waals surface area contributed by atoms with Gasteiger partial charge in [0.15, 0.2) is 0 Å². The molecule has 1 aliphatic rings. The average Bonchev–Trinajstić information content (AvgIpc) is 3.91. The number of thiophene rings is 5. The van der Waals surface area contributed by atoms with Crippen LogP contribution in [0.1, 0.15) is 20.7 Å². The van der Waals surface area contributed by atoms with Gasteiger partial charge in [0.05, 0.1) is 58.2 Å². The van der Waals surface area contributed by atoms with Crippen LogP contribution in [0.15, 0.2) is 78.8 Å². The Morgan fingerprint density at radius 2 is 1.00 bits per heavy atom. The maximum Gasteiger partial charge on any atom is 0.339 e. The van der Waals surface area contributed by atoms with Crippen molar-refractivity contribution in [1.82, 2.24) is 8.75 Å². The van der Waals surface area contributed by atoms with Gasteiger partial charge in [0.2, 0.25) is 0 Å². The minimum absolute atomic E-state index is 0.149. The van der Waals surface area contributed by atoms with E-state index in [-0.39, 0.29) is 11.1 Å². The van der Waals surface area contributed by atoms with E-state index in [0.29, 0.717) is 22.2 Å². The summed E-state index contributed by atoms with van der Waals surface area (Å²) in [6, 6.07) is 15.9. The van der Waals surface area contributed by atoms with Gasteiger partial charge in [-0.2, -0.15) is 17.5 Å². The molecule has 0 fully saturated rings. The number of benzene rings is 1. The van der Waals surface area contributed by atoms with Gasteiger partial charge in [0.1, 0.15) is 22.4 Å². The Bertz CT molecular complexity index is 2060. The highest BCUT2D eigenvalue weighted by atomic mass is 32.1. The molecule has 8 nitrogen and oxygen atoms in total. The molecule has 0 amide bonds. The number of hydrogen-bond acceptors (Lipinski definition) is 14. The summed E-state index contributed by atoms with van der Waals surface area (Å²) in [7, 11) is 2.58. The van der Waals surface area contributed by atoms with Crippen LogP contribution in [0.4, 0.5) is 11.4 Å². The number of rotatable bonds is 6. The molecule has 0 spiro atoms. The zero-order valence-electron chi connectivity index (χ0n) is 23.2. The normalized spacial score (nSPS) is 11.6. The van der Waals surface area contributed by atoms with Crippen LogP contribution in [0.25, 0.3) is 51.4 Å². The smallest absolute Gasteiger partial charge is 0.339 e. The number of nitrogens with zero attached hydrogens (tertiary/aromatic N) is 4. The molecule has 0 aliphatic carbocycles. The van der Waals surface area contributed by atoms with Crippen LogP contribution >= 0.6 is 68.4 Å². The van der Waals surface area contributed by atoms with E-state index >= 15 is 0 Å². The van der Waals surface area contributed by atoms with Crippen molar-refractivity contribution in [2.24, 2.45) is 8.73 Å². The Balaban J connectivity index is 0.000000156. The summed E-state index contributed by atoms with van der Waals surface area (Å²) in [5.74, 6) is -1.24. The van der Waals surface area contributed by atoms with Gasteiger partial charge >= 0.3 is 11.9 Å². The van der Waals surface area contributed by atoms with Crippen LogP contribution in [-0.4, -0.2) is 34.9 Å².